The van der Waals surface area contributed by atoms with E-state index in [1.54, 1.807) is 116 Å². The number of hydrogen-bond donors (Lipinski definition) is 8. The van der Waals surface area contributed by atoms with Crippen LogP contribution in [0.25, 0.3) is 0 Å². The van der Waals surface area contributed by atoms with Crippen LogP contribution in [0.3, 0.4) is 0 Å². The average Bonchev–Trinajstić information content (AvgIpc) is 3.10. The van der Waals surface area contributed by atoms with E-state index < -0.39 is 83.7 Å². The van der Waals surface area contributed by atoms with E-state index in [0.29, 0.717) is 11.1 Å². The zero-order valence-corrected chi connectivity index (χ0v) is 32.1. The molecule has 0 spiro atoms. The van der Waals surface area contributed by atoms with Crippen LogP contribution in [0.15, 0.2) is 60.7 Å². The number of hydrogen-bond acceptors (Lipinski definition) is 8. The van der Waals surface area contributed by atoms with E-state index >= 15 is 0 Å². The second kappa shape index (κ2) is 21.0. The zero-order chi connectivity index (χ0) is 40.0. The Morgan fingerprint density at radius 1 is 0.528 bits per heavy atom. The lowest BCUT2D eigenvalue weighted by Crippen LogP contribution is -2.61. The summed E-state index contributed by atoms with van der Waals surface area (Å²) in [4.78, 5) is 79.5. The van der Waals surface area contributed by atoms with Crippen LogP contribution in [0.4, 0.5) is 0 Å². The van der Waals surface area contributed by atoms with Crippen molar-refractivity contribution in [2.75, 3.05) is 0 Å². The van der Waals surface area contributed by atoms with Gasteiger partial charge in [0.25, 0.3) is 5.91 Å². The van der Waals surface area contributed by atoms with Crippen LogP contribution in [0.1, 0.15) is 66.5 Å². The van der Waals surface area contributed by atoms with Gasteiger partial charge in [0.1, 0.15) is 24.2 Å². The third-order valence-electron chi connectivity index (χ3n) is 8.98. The minimum absolute atomic E-state index is 0.000739. The Labute approximate surface area is 313 Å². The second-order valence-electron chi connectivity index (χ2n) is 14.9. The van der Waals surface area contributed by atoms with E-state index in [2.05, 4.69) is 26.6 Å². The lowest BCUT2D eigenvalue weighted by Gasteiger charge is -2.30. The highest BCUT2D eigenvalue weighted by molar-refractivity contribution is 5.95. The molecule has 6 amide bonds. The molecule has 2 aromatic rings. The summed E-state index contributed by atoms with van der Waals surface area (Å²) in [6.07, 6.45) is -1.81. The number of rotatable bonds is 20. The highest BCUT2D eigenvalue weighted by Crippen LogP contribution is 2.13. The van der Waals surface area contributed by atoms with Crippen molar-refractivity contribution in [2.24, 2.45) is 35.1 Å². The first-order valence-electron chi connectivity index (χ1n) is 18.2. The molecule has 2 aromatic carbocycles. The van der Waals surface area contributed by atoms with Crippen LogP contribution in [0, 0.1) is 23.7 Å². The molecule has 292 valence electrons. The molecule has 7 atom stereocenters. The quantitative estimate of drug-likeness (QED) is 0.0961. The lowest BCUT2D eigenvalue weighted by molar-refractivity contribution is -0.138. The van der Waals surface area contributed by atoms with Crippen molar-refractivity contribution in [1.82, 2.24) is 26.6 Å². The summed E-state index contributed by atoms with van der Waals surface area (Å²) >= 11 is 0. The molecule has 14 nitrogen and oxygen atoms in total. The fraction of sp³-hybridized carbons (Fsp3) is 0.538. The van der Waals surface area contributed by atoms with E-state index in [1.807, 2.05) is 0 Å². The van der Waals surface area contributed by atoms with Gasteiger partial charge in [-0.3, -0.25) is 28.8 Å². The summed E-state index contributed by atoms with van der Waals surface area (Å²) in [6, 6.07) is 11.4. The van der Waals surface area contributed by atoms with Gasteiger partial charge in [0.15, 0.2) is 6.10 Å². The Morgan fingerprint density at radius 3 is 1.38 bits per heavy atom. The first-order valence-corrected chi connectivity index (χ1v) is 18.2. The number of aliphatic hydroxyl groups is 1. The monoisotopic (exact) mass is 737 g/mol. The minimum Gasteiger partial charge on any atom is -0.381 e. The molecule has 0 heterocycles. The number of nitrogens with two attached hydrogens (primary N) is 2. The maximum atomic E-state index is 13.9. The van der Waals surface area contributed by atoms with Crippen molar-refractivity contribution in [1.29, 1.82) is 0 Å². The molecule has 53 heavy (non-hydrogen) atoms. The number of aliphatic hydroxyl groups excluding tert-OH is 1. The molecule has 0 aliphatic rings. The number of carbonyl (C=O) groups is 6. The Morgan fingerprint density at radius 2 is 0.943 bits per heavy atom. The van der Waals surface area contributed by atoms with E-state index in [0.717, 1.165) is 0 Å². The standard InChI is InChI=1S/C39H59N7O7/c1-21(2)29(40)36(50)46-31(23(5)6)37(51)42-27(19-25-15-11-9-12-16-25)33(47)39(53)43-28(20-26-17-13-10-14-18-26)35(49)45-32(24(7)8)38(52)44-30(22(3)4)34(41)48/h9-18,21-24,27-33,47H,19-20,40H2,1-8H3,(H2,41,48)(H,42,51)(H,43,53)(H,44,52)(H,45,49)(H,46,50)/t27-,28+,29-,30+,31-,32+,33+/m0/s1. The summed E-state index contributed by atoms with van der Waals surface area (Å²) in [5.41, 5.74) is 12.9. The van der Waals surface area contributed by atoms with Crippen molar-refractivity contribution >= 4 is 35.4 Å². The molecule has 0 radical (unpaired) electrons. The van der Waals surface area contributed by atoms with Gasteiger partial charge in [0, 0.05) is 6.42 Å². The summed E-state index contributed by atoms with van der Waals surface area (Å²) in [5, 5.41) is 24.9. The Kier molecular flexibility index (Phi) is 17.6. The molecule has 0 aromatic heterocycles. The SMILES string of the molecule is CC(C)[C@H](N)C(=O)N[C@H](C(=O)N[C@@H](Cc1ccccc1)[C@@H](O)C(=O)N[C@H](Cc1ccccc1)C(=O)N[C@@H](C(=O)N[C@@H](C(N)=O)C(C)C)C(C)C)C(C)C. The largest absolute Gasteiger partial charge is 0.381 e. The van der Waals surface area contributed by atoms with Gasteiger partial charge in [0.05, 0.1) is 12.1 Å². The van der Waals surface area contributed by atoms with E-state index in [-0.39, 0.29) is 30.6 Å². The van der Waals surface area contributed by atoms with Crippen LogP contribution >= 0.6 is 0 Å². The van der Waals surface area contributed by atoms with E-state index in [9.17, 15) is 33.9 Å². The molecule has 2 rings (SSSR count). The van der Waals surface area contributed by atoms with Gasteiger partial charge in [-0.1, -0.05) is 116 Å². The van der Waals surface area contributed by atoms with Crippen molar-refractivity contribution in [3.05, 3.63) is 71.8 Å². The van der Waals surface area contributed by atoms with Crippen LogP contribution in [-0.2, 0) is 41.6 Å². The fourth-order valence-electron chi connectivity index (χ4n) is 5.57. The molecule has 0 bridgehead atoms. The van der Waals surface area contributed by atoms with Gasteiger partial charge in [-0.05, 0) is 41.2 Å². The predicted molar refractivity (Wildman–Crippen MR) is 202 cm³/mol. The van der Waals surface area contributed by atoms with Gasteiger partial charge in [-0.15, -0.1) is 0 Å². The normalized spacial score (nSPS) is 15.4. The van der Waals surface area contributed by atoms with Crippen molar-refractivity contribution < 1.29 is 33.9 Å². The zero-order valence-electron chi connectivity index (χ0n) is 32.1. The van der Waals surface area contributed by atoms with Crippen LogP contribution in [-0.4, -0.2) is 82.9 Å². The maximum Gasteiger partial charge on any atom is 0.251 e. The van der Waals surface area contributed by atoms with Crippen molar-refractivity contribution in [3.8, 4) is 0 Å². The fourth-order valence-corrected chi connectivity index (χ4v) is 5.57. The second-order valence-corrected chi connectivity index (χ2v) is 14.9. The molecule has 10 N–H and O–H groups in total. The first-order chi connectivity index (χ1) is 24.8. The highest BCUT2D eigenvalue weighted by atomic mass is 16.3. The average molecular weight is 738 g/mol. The molecule has 0 fully saturated rings. The predicted octanol–water partition coefficient (Wildman–Crippen LogP) is 0.693. The molecule has 0 unspecified atom stereocenters. The number of benzene rings is 2. The number of nitrogens with one attached hydrogen (secondary N) is 5. The van der Waals surface area contributed by atoms with Gasteiger partial charge >= 0.3 is 0 Å². The number of primary amides is 1. The molecular weight excluding hydrogens is 678 g/mol. The first kappa shape index (κ1) is 44.3. The third-order valence-corrected chi connectivity index (χ3v) is 8.98. The number of carbonyl (C=O) groups excluding carboxylic acids is 6. The molecule has 14 heteroatoms. The van der Waals surface area contributed by atoms with Crippen molar-refractivity contribution in [3.63, 3.8) is 0 Å². The molecule has 0 saturated heterocycles. The molecular formula is C39H59N7O7. The molecule has 0 aliphatic carbocycles. The van der Waals surface area contributed by atoms with E-state index in [1.165, 1.54) is 0 Å². The van der Waals surface area contributed by atoms with Gasteiger partial charge in [0.2, 0.25) is 29.5 Å². The Balaban J connectivity index is 2.41. The highest BCUT2D eigenvalue weighted by Gasteiger charge is 2.36. The maximum absolute atomic E-state index is 13.9. The van der Waals surface area contributed by atoms with Gasteiger partial charge < -0.3 is 43.2 Å². The lowest BCUT2D eigenvalue weighted by atomic mass is 9.96. The van der Waals surface area contributed by atoms with Crippen LogP contribution < -0.4 is 38.1 Å². The summed E-state index contributed by atoms with van der Waals surface area (Å²) in [7, 11) is 0. The Hall–Kier alpha value is -4.82. The third kappa shape index (κ3) is 13.9. The minimum atomic E-state index is -1.85. The van der Waals surface area contributed by atoms with Crippen molar-refractivity contribution in [2.45, 2.75) is 111 Å². The molecule has 0 saturated carbocycles. The van der Waals surface area contributed by atoms with Crippen LogP contribution in [0.2, 0.25) is 0 Å². The number of amides is 6. The topological polar surface area (TPSA) is 235 Å². The van der Waals surface area contributed by atoms with Gasteiger partial charge in [-0.25, -0.2) is 0 Å². The summed E-state index contributed by atoms with van der Waals surface area (Å²) in [6.45, 7) is 13.9. The summed E-state index contributed by atoms with van der Waals surface area (Å²) < 4.78 is 0. The molecule has 0 aliphatic heterocycles. The van der Waals surface area contributed by atoms with Gasteiger partial charge in [-0.2, -0.15) is 0 Å². The van der Waals surface area contributed by atoms with Crippen LogP contribution in [0.5, 0.6) is 0 Å². The van der Waals surface area contributed by atoms with E-state index in [4.69, 9.17) is 11.5 Å². The smallest absolute Gasteiger partial charge is 0.251 e. The Bertz CT molecular complexity index is 1520. The summed E-state index contributed by atoms with van der Waals surface area (Å²) in [5.74, 6) is -5.42.